The predicted molar refractivity (Wildman–Crippen MR) is 104 cm³/mol. The normalized spacial score (nSPS) is 10.8. The largest absolute Gasteiger partial charge is 0.478 e. The van der Waals surface area contributed by atoms with E-state index < -0.39 is 5.97 Å². The number of carboxylic acid groups (broad SMARTS) is 1. The SMILES string of the molecule is O=C(O)c1ccc(-n2cc(CNc3ccccc3)c3ccccc32)cc1. The summed E-state index contributed by atoms with van der Waals surface area (Å²) in [6.45, 7) is 0.713. The van der Waals surface area contributed by atoms with Gasteiger partial charge < -0.3 is 15.0 Å². The van der Waals surface area contributed by atoms with Crippen molar-refractivity contribution in [1.29, 1.82) is 0 Å². The number of hydrogen-bond acceptors (Lipinski definition) is 2. The van der Waals surface area contributed by atoms with Gasteiger partial charge in [0.25, 0.3) is 0 Å². The van der Waals surface area contributed by atoms with E-state index in [1.807, 2.05) is 54.6 Å². The van der Waals surface area contributed by atoms with Gasteiger partial charge in [-0.3, -0.25) is 0 Å². The number of para-hydroxylation sites is 2. The molecule has 0 spiro atoms. The molecule has 0 saturated heterocycles. The molecule has 4 nitrogen and oxygen atoms in total. The van der Waals surface area contributed by atoms with Gasteiger partial charge in [0, 0.05) is 29.5 Å². The third-order valence-corrected chi connectivity index (χ3v) is 4.44. The molecule has 0 aliphatic rings. The zero-order valence-corrected chi connectivity index (χ0v) is 14.1. The Kier molecular flexibility index (Phi) is 4.15. The van der Waals surface area contributed by atoms with Gasteiger partial charge in [0.05, 0.1) is 11.1 Å². The molecule has 0 aliphatic heterocycles. The van der Waals surface area contributed by atoms with E-state index in [-0.39, 0.29) is 5.56 Å². The maximum atomic E-state index is 11.1. The number of carboxylic acids is 1. The van der Waals surface area contributed by atoms with E-state index in [2.05, 4.69) is 28.2 Å². The van der Waals surface area contributed by atoms with Gasteiger partial charge in [0.15, 0.2) is 0 Å². The summed E-state index contributed by atoms with van der Waals surface area (Å²) in [7, 11) is 0. The molecule has 26 heavy (non-hydrogen) atoms. The molecule has 0 saturated carbocycles. The van der Waals surface area contributed by atoms with Crippen molar-refractivity contribution in [2.24, 2.45) is 0 Å². The number of fused-ring (bicyclic) bond motifs is 1. The lowest BCUT2D eigenvalue weighted by atomic mass is 10.1. The highest BCUT2D eigenvalue weighted by molar-refractivity contribution is 5.88. The van der Waals surface area contributed by atoms with Crippen LogP contribution in [0.1, 0.15) is 15.9 Å². The van der Waals surface area contributed by atoms with Gasteiger partial charge in [-0.15, -0.1) is 0 Å². The molecule has 128 valence electrons. The van der Waals surface area contributed by atoms with Crippen LogP contribution < -0.4 is 5.32 Å². The molecule has 0 bridgehead atoms. The second-order valence-electron chi connectivity index (χ2n) is 6.11. The zero-order chi connectivity index (χ0) is 17.9. The fourth-order valence-corrected chi connectivity index (χ4v) is 3.12. The van der Waals surface area contributed by atoms with Crippen LogP contribution in [0.25, 0.3) is 16.6 Å². The number of nitrogens with one attached hydrogen (secondary N) is 1. The number of hydrogen-bond donors (Lipinski definition) is 2. The first-order chi connectivity index (χ1) is 12.7. The lowest BCUT2D eigenvalue weighted by molar-refractivity contribution is 0.0697. The molecule has 0 atom stereocenters. The molecule has 0 aliphatic carbocycles. The smallest absolute Gasteiger partial charge is 0.335 e. The number of aromatic carboxylic acids is 1. The fraction of sp³-hybridized carbons (Fsp3) is 0.0455. The van der Waals surface area contributed by atoms with E-state index in [1.165, 1.54) is 10.9 Å². The number of nitrogens with zero attached hydrogens (tertiary/aromatic N) is 1. The average Bonchev–Trinajstić information content (AvgIpc) is 3.06. The number of carbonyl (C=O) groups is 1. The van der Waals surface area contributed by atoms with Gasteiger partial charge >= 0.3 is 5.97 Å². The molecule has 2 N–H and O–H groups in total. The summed E-state index contributed by atoms with van der Waals surface area (Å²) in [4.78, 5) is 11.1. The van der Waals surface area contributed by atoms with Gasteiger partial charge in [-0.1, -0.05) is 36.4 Å². The number of rotatable bonds is 5. The first-order valence-electron chi connectivity index (χ1n) is 8.44. The van der Waals surface area contributed by atoms with Crippen molar-refractivity contribution in [3.63, 3.8) is 0 Å². The Morgan fingerprint density at radius 2 is 1.58 bits per heavy atom. The van der Waals surface area contributed by atoms with Gasteiger partial charge in [-0.2, -0.15) is 0 Å². The van der Waals surface area contributed by atoms with Crippen LogP contribution in [0.3, 0.4) is 0 Å². The van der Waals surface area contributed by atoms with Crippen molar-refractivity contribution < 1.29 is 9.90 Å². The van der Waals surface area contributed by atoms with Crippen molar-refractivity contribution in [2.45, 2.75) is 6.54 Å². The van der Waals surface area contributed by atoms with E-state index in [0.29, 0.717) is 6.54 Å². The number of anilines is 1. The maximum absolute atomic E-state index is 11.1. The van der Waals surface area contributed by atoms with Crippen molar-refractivity contribution in [1.82, 2.24) is 4.57 Å². The van der Waals surface area contributed by atoms with Crippen LogP contribution in [0, 0.1) is 0 Å². The van der Waals surface area contributed by atoms with Crippen LogP contribution in [-0.2, 0) is 6.54 Å². The maximum Gasteiger partial charge on any atom is 0.335 e. The van der Waals surface area contributed by atoms with E-state index >= 15 is 0 Å². The molecular formula is C22H18N2O2. The van der Waals surface area contributed by atoms with E-state index in [1.54, 1.807) is 12.1 Å². The Morgan fingerprint density at radius 3 is 2.31 bits per heavy atom. The minimum Gasteiger partial charge on any atom is -0.478 e. The zero-order valence-electron chi connectivity index (χ0n) is 14.1. The first-order valence-corrected chi connectivity index (χ1v) is 8.44. The molecule has 4 heteroatoms. The predicted octanol–water partition coefficient (Wildman–Crippen LogP) is 4.94. The minimum absolute atomic E-state index is 0.288. The highest BCUT2D eigenvalue weighted by Gasteiger charge is 2.10. The van der Waals surface area contributed by atoms with Crippen molar-refractivity contribution in [3.8, 4) is 5.69 Å². The summed E-state index contributed by atoms with van der Waals surface area (Å²) in [5.41, 5.74) is 4.59. The molecular weight excluding hydrogens is 324 g/mol. The Morgan fingerprint density at radius 1 is 0.885 bits per heavy atom. The van der Waals surface area contributed by atoms with Crippen LogP contribution in [0.15, 0.2) is 85.1 Å². The summed E-state index contributed by atoms with van der Waals surface area (Å²) in [6, 6.07) is 25.3. The van der Waals surface area contributed by atoms with Crippen molar-refractivity contribution in [2.75, 3.05) is 5.32 Å². The molecule has 3 aromatic carbocycles. The molecule has 4 aromatic rings. The van der Waals surface area contributed by atoms with Crippen LogP contribution in [0.5, 0.6) is 0 Å². The molecule has 4 rings (SSSR count). The Bertz CT molecular complexity index is 1050. The Balaban J connectivity index is 1.70. The minimum atomic E-state index is -0.915. The number of benzene rings is 3. The Labute approximate surface area is 151 Å². The van der Waals surface area contributed by atoms with Gasteiger partial charge in [0.2, 0.25) is 0 Å². The molecule has 0 amide bonds. The van der Waals surface area contributed by atoms with Gasteiger partial charge in [-0.25, -0.2) is 4.79 Å². The van der Waals surface area contributed by atoms with Crippen molar-refractivity contribution >= 4 is 22.6 Å². The average molecular weight is 342 g/mol. The quantitative estimate of drug-likeness (QED) is 0.540. The molecule has 0 unspecified atom stereocenters. The summed E-state index contributed by atoms with van der Waals surface area (Å²) in [5.74, 6) is -0.915. The summed E-state index contributed by atoms with van der Waals surface area (Å²) >= 11 is 0. The number of aromatic nitrogens is 1. The van der Waals surface area contributed by atoms with Crippen LogP contribution in [0.2, 0.25) is 0 Å². The standard InChI is InChI=1S/C22H18N2O2/c25-22(26)16-10-12-19(13-11-16)24-15-17(20-8-4-5-9-21(20)24)14-23-18-6-2-1-3-7-18/h1-13,15,23H,14H2,(H,25,26). The molecule has 1 aromatic heterocycles. The summed E-state index contributed by atoms with van der Waals surface area (Å²) < 4.78 is 2.10. The van der Waals surface area contributed by atoms with E-state index in [4.69, 9.17) is 5.11 Å². The van der Waals surface area contributed by atoms with Crippen LogP contribution in [-0.4, -0.2) is 15.6 Å². The first kappa shape index (κ1) is 16.0. The highest BCUT2D eigenvalue weighted by Crippen LogP contribution is 2.26. The van der Waals surface area contributed by atoms with Gasteiger partial charge in [-0.05, 0) is 48.0 Å². The molecule has 0 fully saturated rings. The third-order valence-electron chi connectivity index (χ3n) is 4.44. The molecule has 1 heterocycles. The summed E-state index contributed by atoms with van der Waals surface area (Å²) in [5, 5.41) is 13.7. The van der Waals surface area contributed by atoms with Crippen molar-refractivity contribution in [3.05, 3.63) is 96.2 Å². The van der Waals surface area contributed by atoms with Crippen LogP contribution >= 0.6 is 0 Å². The monoisotopic (exact) mass is 342 g/mol. The van der Waals surface area contributed by atoms with Gasteiger partial charge in [0.1, 0.15) is 0 Å². The fourth-order valence-electron chi connectivity index (χ4n) is 3.12. The lowest BCUT2D eigenvalue weighted by Gasteiger charge is -2.06. The summed E-state index contributed by atoms with van der Waals surface area (Å²) in [6.07, 6.45) is 2.11. The Hall–Kier alpha value is -3.53. The second kappa shape index (κ2) is 6.76. The highest BCUT2D eigenvalue weighted by atomic mass is 16.4. The topological polar surface area (TPSA) is 54.3 Å². The lowest BCUT2D eigenvalue weighted by Crippen LogP contribution is -1.99. The molecule has 0 radical (unpaired) electrons. The third kappa shape index (κ3) is 3.05. The van der Waals surface area contributed by atoms with E-state index in [0.717, 1.165) is 16.9 Å². The van der Waals surface area contributed by atoms with E-state index in [9.17, 15) is 4.79 Å². The van der Waals surface area contributed by atoms with Crippen LogP contribution in [0.4, 0.5) is 5.69 Å². The second-order valence-corrected chi connectivity index (χ2v) is 6.11.